The SMILES string of the molecule is CCCNC(c1ccc(Br)cn1)c1cc(F)ccc1OC. The first-order valence-electron chi connectivity index (χ1n) is 6.84. The number of aromatic nitrogens is 1. The van der Waals surface area contributed by atoms with Crippen LogP contribution in [0.4, 0.5) is 4.39 Å². The van der Waals surface area contributed by atoms with Gasteiger partial charge in [-0.3, -0.25) is 4.98 Å². The maximum absolute atomic E-state index is 13.6. The molecule has 3 nitrogen and oxygen atoms in total. The summed E-state index contributed by atoms with van der Waals surface area (Å²) in [6, 6.07) is 8.17. The molecule has 0 aliphatic rings. The Morgan fingerprint density at radius 2 is 2.14 bits per heavy atom. The average molecular weight is 353 g/mol. The maximum Gasteiger partial charge on any atom is 0.124 e. The number of nitrogens with one attached hydrogen (secondary N) is 1. The highest BCUT2D eigenvalue weighted by Gasteiger charge is 2.19. The normalized spacial score (nSPS) is 12.2. The van der Waals surface area contributed by atoms with Crippen molar-refractivity contribution in [2.75, 3.05) is 13.7 Å². The van der Waals surface area contributed by atoms with E-state index in [1.54, 1.807) is 19.4 Å². The molecule has 0 saturated heterocycles. The van der Waals surface area contributed by atoms with Crippen LogP contribution in [0.1, 0.15) is 30.6 Å². The monoisotopic (exact) mass is 352 g/mol. The molecule has 1 aromatic heterocycles. The molecule has 0 amide bonds. The molecule has 0 radical (unpaired) electrons. The van der Waals surface area contributed by atoms with Gasteiger partial charge in [-0.2, -0.15) is 0 Å². The molecule has 2 rings (SSSR count). The van der Waals surface area contributed by atoms with Gasteiger partial charge >= 0.3 is 0 Å². The molecule has 0 fully saturated rings. The van der Waals surface area contributed by atoms with E-state index < -0.39 is 0 Å². The number of hydrogen-bond acceptors (Lipinski definition) is 3. The van der Waals surface area contributed by atoms with Crippen molar-refractivity contribution in [1.29, 1.82) is 0 Å². The van der Waals surface area contributed by atoms with E-state index >= 15 is 0 Å². The number of halogens is 2. The van der Waals surface area contributed by atoms with Gasteiger partial charge in [0.25, 0.3) is 0 Å². The molecule has 0 aliphatic carbocycles. The maximum atomic E-state index is 13.6. The molecule has 21 heavy (non-hydrogen) atoms. The third-order valence-corrected chi connectivity index (χ3v) is 3.62. The summed E-state index contributed by atoms with van der Waals surface area (Å²) < 4.78 is 19.9. The molecule has 1 N–H and O–H groups in total. The number of nitrogens with zero attached hydrogens (tertiary/aromatic N) is 1. The molecule has 5 heteroatoms. The summed E-state index contributed by atoms with van der Waals surface area (Å²) in [4.78, 5) is 4.43. The highest BCUT2D eigenvalue weighted by atomic mass is 79.9. The van der Waals surface area contributed by atoms with E-state index in [0.29, 0.717) is 5.75 Å². The van der Waals surface area contributed by atoms with Crippen molar-refractivity contribution >= 4 is 15.9 Å². The van der Waals surface area contributed by atoms with E-state index in [-0.39, 0.29) is 11.9 Å². The summed E-state index contributed by atoms with van der Waals surface area (Å²) in [6.07, 6.45) is 2.71. The fraction of sp³-hybridized carbons (Fsp3) is 0.312. The second-order valence-corrected chi connectivity index (χ2v) is 5.59. The van der Waals surface area contributed by atoms with E-state index in [2.05, 4.69) is 33.2 Å². The first-order valence-corrected chi connectivity index (χ1v) is 7.63. The molecular formula is C16H18BrFN2O. The lowest BCUT2D eigenvalue weighted by atomic mass is 10.0. The van der Waals surface area contributed by atoms with Crippen LogP contribution in [0.15, 0.2) is 41.0 Å². The van der Waals surface area contributed by atoms with Gasteiger partial charge in [-0.05, 0) is 59.2 Å². The second kappa shape index (κ2) is 7.52. The van der Waals surface area contributed by atoms with Gasteiger partial charge in [0.15, 0.2) is 0 Å². The minimum absolute atomic E-state index is 0.205. The van der Waals surface area contributed by atoms with E-state index in [1.807, 2.05) is 12.1 Å². The van der Waals surface area contributed by atoms with Crippen molar-refractivity contribution < 1.29 is 9.13 Å². The Balaban J connectivity index is 2.44. The molecule has 0 bridgehead atoms. The van der Waals surface area contributed by atoms with Crippen molar-refractivity contribution in [1.82, 2.24) is 10.3 Å². The Hall–Kier alpha value is -1.46. The van der Waals surface area contributed by atoms with E-state index in [0.717, 1.165) is 28.7 Å². The Bertz CT molecular complexity index is 589. The van der Waals surface area contributed by atoms with Crippen molar-refractivity contribution in [2.24, 2.45) is 0 Å². The molecule has 0 spiro atoms. The van der Waals surface area contributed by atoms with Crippen molar-refractivity contribution in [3.8, 4) is 5.75 Å². The highest BCUT2D eigenvalue weighted by molar-refractivity contribution is 9.10. The van der Waals surface area contributed by atoms with Gasteiger partial charge in [-0.25, -0.2) is 4.39 Å². The van der Waals surface area contributed by atoms with Crippen LogP contribution in [0, 0.1) is 5.82 Å². The molecule has 0 aliphatic heterocycles. The number of methoxy groups -OCH3 is 1. The topological polar surface area (TPSA) is 34.2 Å². The van der Waals surface area contributed by atoms with Crippen LogP contribution in [0.3, 0.4) is 0 Å². The van der Waals surface area contributed by atoms with Crippen LogP contribution in [0.5, 0.6) is 5.75 Å². The van der Waals surface area contributed by atoms with Gasteiger partial charge in [-0.15, -0.1) is 0 Å². The highest BCUT2D eigenvalue weighted by Crippen LogP contribution is 2.30. The predicted molar refractivity (Wildman–Crippen MR) is 85.0 cm³/mol. The zero-order valence-corrected chi connectivity index (χ0v) is 13.7. The van der Waals surface area contributed by atoms with Gasteiger partial charge in [-0.1, -0.05) is 6.92 Å². The summed E-state index contributed by atoms with van der Waals surface area (Å²) in [7, 11) is 1.59. The van der Waals surface area contributed by atoms with Crippen LogP contribution < -0.4 is 10.1 Å². The molecular weight excluding hydrogens is 335 g/mol. The summed E-state index contributed by atoms with van der Waals surface area (Å²) in [5.41, 5.74) is 1.58. The number of rotatable bonds is 6. The molecule has 1 aromatic carbocycles. The largest absolute Gasteiger partial charge is 0.496 e. The van der Waals surface area contributed by atoms with E-state index in [4.69, 9.17) is 4.74 Å². The first-order chi connectivity index (χ1) is 10.2. The summed E-state index contributed by atoms with van der Waals surface area (Å²) in [5.74, 6) is 0.362. The molecule has 112 valence electrons. The number of pyridine rings is 1. The van der Waals surface area contributed by atoms with E-state index in [1.165, 1.54) is 12.1 Å². The lowest BCUT2D eigenvalue weighted by molar-refractivity contribution is 0.401. The van der Waals surface area contributed by atoms with Crippen LogP contribution >= 0.6 is 15.9 Å². The molecule has 0 saturated carbocycles. The Kier molecular flexibility index (Phi) is 5.70. The minimum atomic E-state index is -0.286. The number of benzene rings is 1. The van der Waals surface area contributed by atoms with Crippen LogP contribution in [0.25, 0.3) is 0 Å². The zero-order valence-electron chi connectivity index (χ0n) is 12.1. The van der Waals surface area contributed by atoms with Crippen molar-refractivity contribution in [3.63, 3.8) is 0 Å². The number of ether oxygens (including phenoxy) is 1. The Labute approximate surface area is 132 Å². The van der Waals surface area contributed by atoms with Crippen LogP contribution in [-0.4, -0.2) is 18.6 Å². The van der Waals surface area contributed by atoms with Crippen molar-refractivity contribution in [3.05, 3.63) is 58.1 Å². The number of hydrogen-bond donors (Lipinski definition) is 1. The van der Waals surface area contributed by atoms with Gasteiger partial charge in [0, 0.05) is 16.2 Å². The fourth-order valence-corrected chi connectivity index (χ4v) is 2.39. The molecule has 1 atom stereocenters. The third kappa shape index (κ3) is 4.02. The first kappa shape index (κ1) is 15.9. The Morgan fingerprint density at radius 3 is 2.76 bits per heavy atom. The van der Waals surface area contributed by atoms with Gasteiger partial charge in [0.1, 0.15) is 11.6 Å². The third-order valence-electron chi connectivity index (χ3n) is 3.15. The predicted octanol–water partition coefficient (Wildman–Crippen LogP) is 4.08. The smallest absolute Gasteiger partial charge is 0.124 e. The fourth-order valence-electron chi connectivity index (χ4n) is 2.15. The van der Waals surface area contributed by atoms with Gasteiger partial charge < -0.3 is 10.1 Å². The zero-order chi connectivity index (χ0) is 15.2. The van der Waals surface area contributed by atoms with E-state index in [9.17, 15) is 4.39 Å². The summed E-state index contributed by atoms with van der Waals surface area (Å²) in [6.45, 7) is 2.89. The second-order valence-electron chi connectivity index (χ2n) is 4.67. The molecule has 2 aromatic rings. The minimum Gasteiger partial charge on any atom is -0.496 e. The van der Waals surface area contributed by atoms with Crippen LogP contribution in [-0.2, 0) is 0 Å². The average Bonchev–Trinajstić information content (AvgIpc) is 2.49. The quantitative estimate of drug-likeness (QED) is 0.850. The van der Waals surface area contributed by atoms with Gasteiger partial charge in [0.2, 0.25) is 0 Å². The standard InChI is InChI=1S/C16H18BrFN2O/c1-3-8-19-16(14-6-4-11(17)10-20-14)13-9-12(18)5-7-15(13)21-2/h4-7,9-10,16,19H,3,8H2,1-2H3. The Morgan fingerprint density at radius 1 is 1.33 bits per heavy atom. The molecule has 1 unspecified atom stereocenters. The summed E-state index contributed by atoms with van der Waals surface area (Å²) >= 11 is 3.38. The lowest BCUT2D eigenvalue weighted by Gasteiger charge is -2.21. The van der Waals surface area contributed by atoms with Gasteiger partial charge in [0.05, 0.1) is 18.8 Å². The molecule has 1 heterocycles. The summed E-state index contributed by atoms with van der Waals surface area (Å²) in [5, 5.41) is 3.40. The van der Waals surface area contributed by atoms with Crippen LogP contribution in [0.2, 0.25) is 0 Å². The lowest BCUT2D eigenvalue weighted by Crippen LogP contribution is -2.24. The van der Waals surface area contributed by atoms with Crippen molar-refractivity contribution in [2.45, 2.75) is 19.4 Å².